The van der Waals surface area contributed by atoms with Crippen LogP contribution >= 0.6 is 0 Å². The lowest BCUT2D eigenvalue weighted by molar-refractivity contribution is 0.133. The Kier molecular flexibility index (Phi) is 2.95. The Bertz CT molecular complexity index is 634. The first kappa shape index (κ1) is 12.1. The van der Waals surface area contributed by atoms with Gasteiger partial charge in [0.2, 0.25) is 0 Å². The van der Waals surface area contributed by atoms with E-state index in [9.17, 15) is 0 Å². The van der Waals surface area contributed by atoms with E-state index in [1.54, 1.807) is 21.3 Å². The summed E-state index contributed by atoms with van der Waals surface area (Å²) < 4.78 is 21.9. The van der Waals surface area contributed by atoms with Gasteiger partial charge in [0.05, 0.1) is 39.9 Å². The van der Waals surface area contributed by atoms with E-state index >= 15 is 0 Å². The number of methoxy groups -OCH3 is 3. The minimum atomic E-state index is 0.587. The van der Waals surface area contributed by atoms with Gasteiger partial charge in [-0.25, -0.2) is 0 Å². The average molecular weight is 260 g/mol. The van der Waals surface area contributed by atoms with Crippen LogP contribution < -0.4 is 14.2 Å². The third-order valence-electron chi connectivity index (χ3n) is 3.49. The number of benzene rings is 2. The highest BCUT2D eigenvalue weighted by molar-refractivity contribution is 5.97. The van der Waals surface area contributed by atoms with Crippen LogP contribution in [0.3, 0.4) is 0 Å². The lowest BCUT2D eigenvalue weighted by atomic mass is 10.00. The summed E-state index contributed by atoms with van der Waals surface area (Å²) >= 11 is 0. The Hall–Kier alpha value is -1.94. The van der Waals surface area contributed by atoms with Crippen LogP contribution in [0.15, 0.2) is 18.2 Å². The Balaban J connectivity index is 2.39. The summed E-state index contributed by atoms with van der Waals surface area (Å²) in [5.41, 5.74) is 2.28. The molecule has 0 unspecified atom stereocenters. The first-order chi connectivity index (χ1) is 9.28. The van der Waals surface area contributed by atoms with E-state index in [0.717, 1.165) is 33.6 Å². The third-order valence-corrected chi connectivity index (χ3v) is 3.49. The van der Waals surface area contributed by atoms with Crippen LogP contribution in [0.1, 0.15) is 11.1 Å². The van der Waals surface area contributed by atoms with Gasteiger partial charge in [-0.1, -0.05) is 0 Å². The molecular formula is C15H16O4. The summed E-state index contributed by atoms with van der Waals surface area (Å²) in [6.45, 7) is 1.21. The van der Waals surface area contributed by atoms with Crippen molar-refractivity contribution in [2.45, 2.75) is 13.2 Å². The lowest BCUT2D eigenvalue weighted by Gasteiger charge is -2.15. The molecule has 1 aliphatic rings. The van der Waals surface area contributed by atoms with Crippen molar-refractivity contribution >= 4 is 10.8 Å². The van der Waals surface area contributed by atoms with E-state index in [1.165, 1.54) is 5.56 Å². The fourth-order valence-corrected chi connectivity index (χ4v) is 2.59. The molecule has 100 valence electrons. The van der Waals surface area contributed by atoms with Crippen molar-refractivity contribution in [1.29, 1.82) is 0 Å². The summed E-state index contributed by atoms with van der Waals surface area (Å²) in [6.07, 6.45) is 0. The molecule has 19 heavy (non-hydrogen) atoms. The Morgan fingerprint density at radius 1 is 0.947 bits per heavy atom. The fraction of sp³-hybridized carbons (Fsp3) is 0.333. The van der Waals surface area contributed by atoms with E-state index in [2.05, 4.69) is 6.07 Å². The fourth-order valence-electron chi connectivity index (χ4n) is 2.59. The molecule has 0 N–H and O–H groups in total. The van der Waals surface area contributed by atoms with Gasteiger partial charge in [-0.05, 0) is 23.1 Å². The van der Waals surface area contributed by atoms with Gasteiger partial charge in [0.15, 0.2) is 0 Å². The van der Waals surface area contributed by atoms with Gasteiger partial charge in [0, 0.05) is 11.6 Å². The quantitative estimate of drug-likeness (QED) is 0.850. The number of rotatable bonds is 3. The van der Waals surface area contributed by atoms with Crippen LogP contribution in [0, 0.1) is 0 Å². The van der Waals surface area contributed by atoms with E-state index in [4.69, 9.17) is 18.9 Å². The number of hydrogen-bond donors (Lipinski definition) is 0. The zero-order valence-electron chi connectivity index (χ0n) is 11.3. The van der Waals surface area contributed by atoms with Crippen LogP contribution in [-0.2, 0) is 18.0 Å². The first-order valence-corrected chi connectivity index (χ1v) is 6.10. The molecule has 0 saturated heterocycles. The Morgan fingerprint density at radius 3 is 2.47 bits per heavy atom. The van der Waals surface area contributed by atoms with Gasteiger partial charge in [-0.3, -0.25) is 0 Å². The van der Waals surface area contributed by atoms with Crippen molar-refractivity contribution in [1.82, 2.24) is 0 Å². The molecular weight excluding hydrogens is 244 g/mol. The molecule has 4 heteroatoms. The van der Waals surface area contributed by atoms with E-state index in [1.807, 2.05) is 12.1 Å². The maximum atomic E-state index is 5.59. The molecule has 0 spiro atoms. The first-order valence-electron chi connectivity index (χ1n) is 6.10. The van der Waals surface area contributed by atoms with E-state index < -0.39 is 0 Å². The van der Waals surface area contributed by atoms with Crippen molar-refractivity contribution in [3.05, 3.63) is 29.3 Å². The predicted molar refractivity (Wildman–Crippen MR) is 72.1 cm³/mol. The minimum Gasteiger partial charge on any atom is -0.497 e. The molecule has 0 aliphatic carbocycles. The molecule has 2 aromatic carbocycles. The number of fused-ring (bicyclic) bond motifs is 2. The second kappa shape index (κ2) is 4.63. The molecule has 4 nitrogen and oxygen atoms in total. The summed E-state index contributed by atoms with van der Waals surface area (Å²) in [5, 5.41) is 2.01. The monoisotopic (exact) mass is 260 g/mol. The van der Waals surface area contributed by atoms with E-state index in [-0.39, 0.29) is 0 Å². The van der Waals surface area contributed by atoms with Crippen molar-refractivity contribution < 1.29 is 18.9 Å². The highest BCUT2D eigenvalue weighted by atomic mass is 16.5. The molecule has 0 radical (unpaired) electrons. The number of ether oxygens (including phenoxy) is 4. The van der Waals surface area contributed by atoms with E-state index in [0.29, 0.717) is 13.2 Å². The molecule has 1 heterocycles. The summed E-state index contributed by atoms with van der Waals surface area (Å²) in [7, 11) is 4.97. The minimum absolute atomic E-state index is 0.587. The highest BCUT2D eigenvalue weighted by Crippen LogP contribution is 2.43. The van der Waals surface area contributed by atoms with Gasteiger partial charge in [-0.15, -0.1) is 0 Å². The summed E-state index contributed by atoms with van der Waals surface area (Å²) in [6, 6.07) is 5.97. The molecule has 0 aromatic heterocycles. The SMILES string of the molecule is COc1cc(OC)c2c(OC)c3c(cc2c1)COC3. The molecule has 0 amide bonds. The molecule has 0 fully saturated rings. The second-order valence-electron chi connectivity index (χ2n) is 4.47. The predicted octanol–water partition coefficient (Wildman–Crippen LogP) is 2.90. The molecule has 0 atom stereocenters. The smallest absolute Gasteiger partial charge is 0.136 e. The van der Waals surface area contributed by atoms with Crippen LogP contribution in [-0.4, -0.2) is 21.3 Å². The van der Waals surface area contributed by atoms with Crippen LogP contribution in [0.25, 0.3) is 10.8 Å². The van der Waals surface area contributed by atoms with Crippen molar-refractivity contribution in [3.8, 4) is 17.2 Å². The van der Waals surface area contributed by atoms with Crippen molar-refractivity contribution in [2.24, 2.45) is 0 Å². The van der Waals surface area contributed by atoms with Crippen LogP contribution in [0.4, 0.5) is 0 Å². The van der Waals surface area contributed by atoms with Gasteiger partial charge in [-0.2, -0.15) is 0 Å². The molecule has 0 bridgehead atoms. The van der Waals surface area contributed by atoms with Crippen LogP contribution in [0.5, 0.6) is 17.2 Å². The second-order valence-corrected chi connectivity index (χ2v) is 4.47. The van der Waals surface area contributed by atoms with Crippen molar-refractivity contribution in [2.75, 3.05) is 21.3 Å². The lowest BCUT2D eigenvalue weighted by Crippen LogP contribution is -1.96. The largest absolute Gasteiger partial charge is 0.497 e. The maximum Gasteiger partial charge on any atom is 0.136 e. The number of hydrogen-bond acceptors (Lipinski definition) is 4. The Morgan fingerprint density at radius 2 is 1.79 bits per heavy atom. The summed E-state index contributed by atoms with van der Waals surface area (Å²) in [5.74, 6) is 2.36. The summed E-state index contributed by atoms with van der Waals surface area (Å²) in [4.78, 5) is 0. The highest BCUT2D eigenvalue weighted by Gasteiger charge is 2.22. The molecule has 2 aromatic rings. The van der Waals surface area contributed by atoms with Crippen molar-refractivity contribution in [3.63, 3.8) is 0 Å². The third kappa shape index (κ3) is 1.79. The topological polar surface area (TPSA) is 36.9 Å². The van der Waals surface area contributed by atoms with Gasteiger partial charge < -0.3 is 18.9 Å². The normalized spacial score (nSPS) is 13.4. The van der Waals surface area contributed by atoms with Gasteiger partial charge >= 0.3 is 0 Å². The average Bonchev–Trinajstić information content (AvgIpc) is 2.91. The van der Waals surface area contributed by atoms with Crippen LogP contribution in [0.2, 0.25) is 0 Å². The molecule has 3 rings (SSSR count). The molecule has 1 aliphatic heterocycles. The standard InChI is InChI=1S/C15H16O4/c1-16-11-5-9-4-10-7-19-8-12(10)15(18-3)14(9)13(6-11)17-2/h4-6H,7-8H2,1-3H3. The zero-order valence-corrected chi connectivity index (χ0v) is 11.3. The van der Waals surface area contributed by atoms with Gasteiger partial charge in [0.25, 0.3) is 0 Å². The maximum absolute atomic E-state index is 5.59. The molecule has 0 saturated carbocycles. The Labute approximate surface area is 111 Å². The van der Waals surface area contributed by atoms with Gasteiger partial charge in [0.1, 0.15) is 17.2 Å². The zero-order chi connectivity index (χ0) is 13.4.